The van der Waals surface area contributed by atoms with Gasteiger partial charge < -0.3 is 18.8 Å². The van der Waals surface area contributed by atoms with Crippen LogP contribution in [0, 0.1) is 18.3 Å². The van der Waals surface area contributed by atoms with Crippen LogP contribution in [0.3, 0.4) is 0 Å². The van der Waals surface area contributed by atoms with Crippen LogP contribution in [0.5, 0.6) is 11.5 Å². The van der Waals surface area contributed by atoms with Crippen LogP contribution in [0.25, 0.3) is 11.3 Å². The SMILES string of the molecule is COCCCOc1cc2c(cc1OC(=O)C(C)(C)C)-c1cc(=O)c(C)cn1C(C(C)C)C2. The molecule has 6 nitrogen and oxygen atoms in total. The lowest BCUT2D eigenvalue weighted by atomic mass is 9.87. The molecule has 0 radical (unpaired) electrons. The third kappa shape index (κ3) is 5.07. The first-order chi connectivity index (χ1) is 15.0. The van der Waals surface area contributed by atoms with Gasteiger partial charge in [0, 0.05) is 49.6 Å². The summed E-state index contributed by atoms with van der Waals surface area (Å²) in [6.45, 7) is 12.7. The zero-order valence-electron chi connectivity index (χ0n) is 20.3. The van der Waals surface area contributed by atoms with Gasteiger partial charge in [-0.05, 0) is 57.7 Å². The van der Waals surface area contributed by atoms with Crippen molar-refractivity contribution in [2.24, 2.45) is 11.3 Å². The van der Waals surface area contributed by atoms with Crippen LogP contribution in [0.4, 0.5) is 0 Å². The summed E-state index contributed by atoms with van der Waals surface area (Å²) in [5.74, 6) is 0.969. The van der Waals surface area contributed by atoms with Crippen molar-refractivity contribution < 1.29 is 19.0 Å². The average Bonchev–Trinajstić information content (AvgIpc) is 2.71. The Morgan fingerprint density at radius 3 is 2.50 bits per heavy atom. The van der Waals surface area contributed by atoms with E-state index < -0.39 is 5.41 Å². The Kier molecular flexibility index (Phi) is 7.13. The van der Waals surface area contributed by atoms with E-state index in [1.165, 1.54) is 0 Å². The predicted molar refractivity (Wildman–Crippen MR) is 126 cm³/mol. The fourth-order valence-electron chi connectivity index (χ4n) is 3.87. The van der Waals surface area contributed by atoms with E-state index in [-0.39, 0.29) is 17.4 Å². The van der Waals surface area contributed by atoms with Gasteiger partial charge in [0.25, 0.3) is 0 Å². The predicted octanol–water partition coefficient (Wildman–Crippen LogP) is 4.94. The summed E-state index contributed by atoms with van der Waals surface area (Å²) in [6.07, 6.45) is 3.48. The Balaban J connectivity index is 2.12. The van der Waals surface area contributed by atoms with Gasteiger partial charge in [-0.25, -0.2) is 0 Å². The fraction of sp³-hybridized carbons (Fsp3) is 0.538. The second kappa shape index (κ2) is 9.49. The number of carbonyl (C=O) groups excluding carboxylic acids is 1. The number of aryl methyl sites for hydroxylation is 1. The number of rotatable bonds is 7. The van der Waals surface area contributed by atoms with E-state index in [9.17, 15) is 9.59 Å². The molecule has 1 atom stereocenters. The second-order valence-corrected chi connectivity index (χ2v) is 9.92. The second-order valence-electron chi connectivity index (χ2n) is 9.92. The Labute approximate surface area is 190 Å². The van der Waals surface area contributed by atoms with E-state index in [2.05, 4.69) is 18.4 Å². The van der Waals surface area contributed by atoms with E-state index in [0.29, 0.717) is 30.6 Å². The lowest BCUT2D eigenvalue weighted by Gasteiger charge is -2.34. The average molecular weight is 442 g/mol. The molecule has 174 valence electrons. The summed E-state index contributed by atoms with van der Waals surface area (Å²) in [5.41, 5.74) is 2.90. The maximum atomic E-state index is 12.7. The van der Waals surface area contributed by atoms with Crippen LogP contribution < -0.4 is 14.9 Å². The Morgan fingerprint density at radius 2 is 1.88 bits per heavy atom. The molecule has 1 aliphatic heterocycles. The van der Waals surface area contributed by atoms with Crippen molar-refractivity contribution >= 4 is 5.97 Å². The molecular formula is C26H35NO5. The smallest absolute Gasteiger partial charge is 0.316 e. The number of ether oxygens (including phenoxy) is 3. The summed E-state index contributed by atoms with van der Waals surface area (Å²) in [7, 11) is 1.66. The number of fused-ring (bicyclic) bond motifs is 3. The lowest BCUT2D eigenvalue weighted by molar-refractivity contribution is -0.143. The topological polar surface area (TPSA) is 66.8 Å². The first-order valence-corrected chi connectivity index (χ1v) is 11.3. The molecule has 0 saturated heterocycles. The van der Waals surface area contributed by atoms with Gasteiger partial charge in [0.1, 0.15) is 0 Å². The highest BCUT2D eigenvalue weighted by Crippen LogP contribution is 2.43. The van der Waals surface area contributed by atoms with Crippen LogP contribution in [-0.4, -0.2) is 30.9 Å². The summed E-state index contributed by atoms with van der Waals surface area (Å²) < 4.78 is 19.1. The number of hydrogen-bond donors (Lipinski definition) is 0. The standard InChI is InChI=1S/C26H35NO5/c1-16(2)20-11-18-12-23(31-10-8-9-30-7)24(32-25(29)26(4,5)6)13-19(18)21-14-22(28)17(3)15-27(20)21/h12-16,20H,8-11H2,1-7H3. The van der Waals surface area contributed by atoms with Crippen LogP contribution in [-0.2, 0) is 16.0 Å². The van der Waals surface area contributed by atoms with Gasteiger partial charge in [-0.3, -0.25) is 9.59 Å². The van der Waals surface area contributed by atoms with Gasteiger partial charge in [0.15, 0.2) is 16.9 Å². The van der Waals surface area contributed by atoms with Crippen LogP contribution in [0.1, 0.15) is 58.2 Å². The molecule has 0 N–H and O–H groups in total. The van der Waals surface area contributed by atoms with E-state index in [1.54, 1.807) is 13.2 Å². The molecule has 2 aromatic rings. The first kappa shape index (κ1) is 24.1. The number of hydrogen-bond acceptors (Lipinski definition) is 5. The largest absolute Gasteiger partial charge is 0.490 e. The van der Waals surface area contributed by atoms with E-state index in [4.69, 9.17) is 14.2 Å². The molecule has 6 heteroatoms. The third-order valence-electron chi connectivity index (χ3n) is 5.83. The highest BCUT2D eigenvalue weighted by Gasteiger charge is 2.30. The number of esters is 1. The summed E-state index contributed by atoms with van der Waals surface area (Å²) >= 11 is 0. The van der Waals surface area contributed by atoms with E-state index >= 15 is 0 Å². The molecule has 1 unspecified atom stereocenters. The van der Waals surface area contributed by atoms with Gasteiger partial charge in [-0.1, -0.05) is 13.8 Å². The maximum absolute atomic E-state index is 12.7. The molecule has 0 fully saturated rings. The molecule has 1 aliphatic rings. The molecule has 2 heterocycles. The fourth-order valence-corrected chi connectivity index (χ4v) is 3.87. The lowest BCUT2D eigenvalue weighted by Crippen LogP contribution is -2.27. The van der Waals surface area contributed by atoms with E-state index in [1.807, 2.05) is 46.0 Å². The highest BCUT2D eigenvalue weighted by molar-refractivity contribution is 5.80. The molecule has 0 aliphatic carbocycles. The molecule has 3 rings (SSSR count). The zero-order valence-corrected chi connectivity index (χ0v) is 20.3. The number of nitrogens with zero attached hydrogens (tertiary/aromatic N) is 1. The number of methoxy groups -OCH3 is 1. The Bertz CT molecular complexity index is 1050. The van der Waals surface area contributed by atoms with E-state index in [0.717, 1.165) is 35.2 Å². The summed E-state index contributed by atoms with van der Waals surface area (Å²) in [5, 5.41) is 0. The highest BCUT2D eigenvalue weighted by atomic mass is 16.6. The zero-order chi connectivity index (χ0) is 23.6. The maximum Gasteiger partial charge on any atom is 0.316 e. The van der Waals surface area contributed by atoms with Crippen molar-refractivity contribution in [3.63, 3.8) is 0 Å². The minimum atomic E-state index is -0.655. The van der Waals surface area contributed by atoms with Crippen molar-refractivity contribution in [2.45, 2.75) is 60.4 Å². The van der Waals surface area contributed by atoms with Gasteiger partial charge >= 0.3 is 5.97 Å². The number of benzene rings is 1. The summed E-state index contributed by atoms with van der Waals surface area (Å²) in [4.78, 5) is 25.2. The number of carbonyl (C=O) groups is 1. The van der Waals surface area contributed by atoms with Crippen LogP contribution in [0.2, 0.25) is 0 Å². The molecule has 1 aromatic carbocycles. The molecule has 0 saturated carbocycles. The van der Waals surface area contributed by atoms with Crippen molar-refractivity contribution in [2.75, 3.05) is 20.3 Å². The molecule has 0 amide bonds. The van der Waals surface area contributed by atoms with Crippen molar-refractivity contribution in [3.05, 3.63) is 45.7 Å². The minimum absolute atomic E-state index is 0.000246. The van der Waals surface area contributed by atoms with Gasteiger partial charge in [0.2, 0.25) is 0 Å². The Hall–Kier alpha value is -2.60. The summed E-state index contributed by atoms with van der Waals surface area (Å²) in [6, 6.07) is 5.73. The molecule has 32 heavy (non-hydrogen) atoms. The monoisotopic (exact) mass is 441 g/mol. The number of aromatic nitrogens is 1. The minimum Gasteiger partial charge on any atom is -0.490 e. The third-order valence-corrected chi connectivity index (χ3v) is 5.83. The van der Waals surface area contributed by atoms with Crippen molar-refractivity contribution in [1.82, 2.24) is 4.57 Å². The quantitative estimate of drug-likeness (QED) is 0.346. The Morgan fingerprint density at radius 1 is 1.16 bits per heavy atom. The van der Waals surface area contributed by atoms with Gasteiger partial charge in [-0.2, -0.15) is 0 Å². The first-order valence-electron chi connectivity index (χ1n) is 11.3. The molecule has 0 bridgehead atoms. The molecular weight excluding hydrogens is 406 g/mol. The van der Waals surface area contributed by atoms with Crippen LogP contribution >= 0.6 is 0 Å². The molecule has 0 spiro atoms. The normalized spacial score (nSPS) is 15.3. The van der Waals surface area contributed by atoms with Gasteiger partial charge in [0.05, 0.1) is 17.7 Å². The van der Waals surface area contributed by atoms with Crippen LogP contribution in [0.15, 0.2) is 29.2 Å². The molecule has 1 aromatic heterocycles. The van der Waals surface area contributed by atoms with Gasteiger partial charge in [-0.15, -0.1) is 0 Å². The number of pyridine rings is 1. The van der Waals surface area contributed by atoms with Crippen molar-refractivity contribution in [1.29, 1.82) is 0 Å². The van der Waals surface area contributed by atoms with Crippen molar-refractivity contribution in [3.8, 4) is 22.8 Å².